The summed E-state index contributed by atoms with van der Waals surface area (Å²) in [7, 11) is 3.50. The molecule has 0 saturated heterocycles. The van der Waals surface area contributed by atoms with Crippen molar-refractivity contribution in [1.29, 1.82) is 0 Å². The second kappa shape index (κ2) is 14.6. The van der Waals surface area contributed by atoms with E-state index < -0.39 is 0 Å². The molecular formula is C21H35IN4O2. The van der Waals surface area contributed by atoms with E-state index in [0.717, 1.165) is 5.56 Å². The number of halogens is 1. The van der Waals surface area contributed by atoms with E-state index in [2.05, 4.69) is 15.6 Å². The number of benzene rings is 1. The summed E-state index contributed by atoms with van der Waals surface area (Å²) in [5, 5.41) is 6.39. The zero-order chi connectivity index (χ0) is 19.3. The fourth-order valence-electron chi connectivity index (χ4n) is 3.05. The molecule has 1 saturated carbocycles. The Hall–Kier alpha value is -1.35. The molecule has 0 aliphatic heterocycles. The molecule has 158 valence electrons. The Morgan fingerprint density at radius 1 is 1.11 bits per heavy atom. The molecule has 28 heavy (non-hydrogen) atoms. The van der Waals surface area contributed by atoms with E-state index in [-0.39, 0.29) is 36.4 Å². The van der Waals surface area contributed by atoms with Gasteiger partial charge in [-0.15, -0.1) is 24.0 Å². The zero-order valence-electron chi connectivity index (χ0n) is 17.2. The average molecular weight is 502 g/mol. The van der Waals surface area contributed by atoms with Crippen LogP contribution in [0.4, 0.5) is 0 Å². The third-order valence-electron chi connectivity index (χ3n) is 4.72. The van der Waals surface area contributed by atoms with Crippen LogP contribution in [0.5, 0.6) is 0 Å². The van der Waals surface area contributed by atoms with E-state index in [9.17, 15) is 4.79 Å². The van der Waals surface area contributed by atoms with Gasteiger partial charge < -0.3 is 20.3 Å². The molecule has 1 aromatic rings. The molecule has 0 unspecified atom stereocenters. The second-order valence-electron chi connectivity index (χ2n) is 7.20. The lowest BCUT2D eigenvalue weighted by atomic mass is 10.1. The van der Waals surface area contributed by atoms with E-state index in [1.165, 1.54) is 38.5 Å². The fraction of sp³-hybridized carbons (Fsp3) is 0.619. The van der Waals surface area contributed by atoms with Crippen molar-refractivity contribution < 1.29 is 9.53 Å². The van der Waals surface area contributed by atoms with Crippen LogP contribution in [0.15, 0.2) is 35.3 Å². The highest BCUT2D eigenvalue weighted by atomic mass is 127. The van der Waals surface area contributed by atoms with Gasteiger partial charge in [-0.05, 0) is 18.4 Å². The Morgan fingerprint density at radius 3 is 2.43 bits per heavy atom. The second-order valence-corrected chi connectivity index (χ2v) is 7.20. The molecule has 1 aromatic carbocycles. The van der Waals surface area contributed by atoms with Gasteiger partial charge in [-0.1, -0.05) is 56.0 Å². The highest BCUT2D eigenvalue weighted by Gasteiger charge is 2.12. The van der Waals surface area contributed by atoms with Crippen LogP contribution in [0, 0.1) is 0 Å². The first-order chi connectivity index (χ1) is 13.1. The van der Waals surface area contributed by atoms with E-state index >= 15 is 0 Å². The highest BCUT2D eigenvalue weighted by molar-refractivity contribution is 14.0. The maximum atomic E-state index is 11.8. The van der Waals surface area contributed by atoms with Gasteiger partial charge in [-0.25, -0.2) is 4.99 Å². The largest absolute Gasteiger partial charge is 0.376 e. The summed E-state index contributed by atoms with van der Waals surface area (Å²) in [6.07, 6.45) is 7.94. The number of hydrogen-bond acceptors (Lipinski definition) is 3. The molecule has 2 rings (SSSR count). The number of aliphatic imine (C=N–C) groups is 1. The molecule has 1 amide bonds. The molecule has 1 aliphatic rings. The Labute approximate surface area is 186 Å². The lowest BCUT2D eigenvalue weighted by Gasteiger charge is -2.17. The monoisotopic (exact) mass is 502 g/mol. The number of nitrogens with zero attached hydrogens (tertiary/aromatic N) is 2. The van der Waals surface area contributed by atoms with Gasteiger partial charge in [0.2, 0.25) is 5.91 Å². The number of ether oxygens (including phenoxy) is 1. The Kier molecular flexibility index (Phi) is 12.9. The minimum atomic E-state index is 0. The Bertz CT molecular complexity index is 573. The third-order valence-corrected chi connectivity index (χ3v) is 4.72. The van der Waals surface area contributed by atoms with Gasteiger partial charge in [0.25, 0.3) is 0 Å². The number of hydrogen-bond donors (Lipinski definition) is 2. The predicted octanol–water partition coefficient (Wildman–Crippen LogP) is 3.17. The van der Waals surface area contributed by atoms with Gasteiger partial charge in [-0.3, -0.25) is 4.79 Å². The van der Waals surface area contributed by atoms with E-state index in [1.807, 2.05) is 30.3 Å². The number of nitrogens with one attached hydrogen (secondary N) is 2. The highest BCUT2D eigenvalue weighted by Crippen LogP contribution is 2.19. The van der Waals surface area contributed by atoms with Gasteiger partial charge in [-0.2, -0.15) is 0 Å². The maximum absolute atomic E-state index is 11.8. The lowest BCUT2D eigenvalue weighted by Crippen LogP contribution is -2.44. The molecule has 0 heterocycles. The minimum absolute atomic E-state index is 0. The molecule has 0 spiro atoms. The van der Waals surface area contributed by atoms with E-state index in [1.54, 1.807) is 19.0 Å². The molecule has 2 N–H and O–H groups in total. The van der Waals surface area contributed by atoms with Crippen molar-refractivity contribution >= 4 is 35.8 Å². The van der Waals surface area contributed by atoms with Crippen LogP contribution in [-0.4, -0.2) is 56.7 Å². The maximum Gasteiger partial charge on any atom is 0.241 e. The molecule has 0 atom stereocenters. The minimum Gasteiger partial charge on any atom is -0.376 e. The number of guanidine groups is 1. The van der Waals surface area contributed by atoms with Gasteiger partial charge in [0.1, 0.15) is 0 Å². The van der Waals surface area contributed by atoms with Crippen LogP contribution < -0.4 is 10.6 Å². The average Bonchev–Trinajstić information content (AvgIpc) is 2.96. The van der Waals surface area contributed by atoms with Crippen molar-refractivity contribution in [2.75, 3.05) is 33.8 Å². The first-order valence-electron chi connectivity index (χ1n) is 10.0. The summed E-state index contributed by atoms with van der Waals surface area (Å²) in [5.41, 5.74) is 1.13. The summed E-state index contributed by atoms with van der Waals surface area (Å²) in [6.45, 7) is 2.11. The smallest absolute Gasteiger partial charge is 0.241 e. The normalized spacial score (nSPS) is 15.3. The SMILES string of the molecule is CN(C)C(=O)CNC(=NCc1ccccc1)NCCOC1CCCCCC1.I. The molecule has 0 bridgehead atoms. The van der Waals surface area contributed by atoms with Crippen molar-refractivity contribution in [3.8, 4) is 0 Å². The van der Waals surface area contributed by atoms with Crippen LogP contribution in [0.25, 0.3) is 0 Å². The summed E-state index contributed by atoms with van der Waals surface area (Å²) in [5.74, 6) is 0.650. The standard InChI is InChI=1S/C21H34N4O2.HI/c1-25(2)20(26)17-24-21(23-16-18-10-6-5-7-11-18)22-14-15-27-19-12-8-3-4-9-13-19;/h5-7,10-11,19H,3-4,8-9,12-17H2,1-2H3,(H2,22,23,24);1H. The van der Waals surface area contributed by atoms with Crippen LogP contribution in [0.1, 0.15) is 44.1 Å². The fourth-order valence-corrected chi connectivity index (χ4v) is 3.05. The summed E-state index contributed by atoms with van der Waals surface area (Å²) < 4.78 is 6.02. The summed E-state index contributed by atoms with van der Waals surface area (Å²) in [4.78, 5) is 18.0. The van der Waals surface area contributed by atoms with Gasteiger partial charge in [0.15, 0.2) is 5.96 Å². The number of carbonyl (C=O) groups excluding carboxylic acids is 1. The summed E-state index contributed by atoms with van der Waals surface area (Å²) >= 11 is 0. The van der Waals surface area contributed by atoms with Crippen molar-refractivity contribution in [2.24, 2.45) is 4.99 Å². The van der Waals surface area contributed by atoms with E-state index in [0.29, 0.717) is 31.8 Å². The molecule has 0 radical (unpaired) electrons. The number of amides is 1. The zero-order valence-corrected chi connectivity index (χ0v) is 19.5. The van der Waals surface area contributed by atoms with Gasteiger partial charge in [0.05, 0.1) is 25.8 Å². The molecule has 0 aromatic heterocycles. The van der Waals surface area contributed by atoms with Crippen molar-refractivity contribution in [2.45, 2.75) is 51.2 Å². The first kappa shape index (κ1) is 24.7. The quantitative estimate of drug-likeness (QED) is 0.189. The summed E-state index contributed by atoms with van der Waals surface area (Å²) in [6, 6.07) is 10.1. The number of likely N-dealkylation sites (N-methyl/N-ethyl adjacent to an activating group) is 1. The Balaban J connectivity index is 0.00000392. The topological polar surface area (TPSA) is 66.0 Å². The first-order valence-corrected chi connectivity index (χ1v) is 10.0. The van der Waals surface area contributed by atoms with Crippen LogP contribution in [-0.2, 0) is 16.1 Å². The van der Waals surface area contributed by atoms with Gasteiger partial charge >= 0.3 is 0 Å². The number of rotatable bonds is 8. The van der Waals surface area contributed by atoms with Gasteiger partial charge in [0, 0.05) is 20.6 Å². The molecular weight excluding hydrogens is 467 g/mol. The predicted molar refractivity (Wildman–Crippen MR) is 125 cm³/mol. The van der Waals surface area contributed by atoms with Crippen molar-refractivity contribution in [3.63, 3.8) is 0 Å². The van der Waals surface area contributed by atoms with Crippen LogP contribution >= 0.6 is 24.0 Å². The molecule has 1 aliphatic carbocycles. The van der Waals surface area contributed by atoms with Crippen molar-refractivity contribution in [3.05, 3.63) is 35.9 Å². The number of carbonyl (C=O) groups is 1. The lowest BCUT2D eigenvalue weighted by molar-refractivity contribution is -0.127. The molecule has 7 heteroatoms. The molecule has 6 nitrogen and oxygen atoms in total. The van der Waals surface area contributed by atoms with Crippen molar-refractivity contribution in [1.82, 2.24) is 15.5 Å². The van der Waals surface area contributed by atoms with Crippen LogP contribution in [0.3, 0.4) is 0 Å². The van der Waals surface area contributed by atoms with Crippen LogP contribution in [0.2, 0.25) is 0 Å². The Morgan fingerprint density at radius 2 is 1.79 bits per heavy atom. The molecule has 1 fully saturated rings. The van der Waals surface area contributed by atoms with E-state index in [4.69, 9.17) is 4.74 Å². The third kappa shape index (κ3) is 10.3.